The van der Waals surface area contributed by atoms with Crippen molar-refractivity contribution in [2.75, 3.05) is 27.2 Å². The van der Waals surface area contributed by atoms with Crippen molar-refractivity contribution in [2.24, 2.45) is 0 Å². The van der Waals surface area contributed by atoms with E-state index in [0.29, 0.717) is 31.2 Å². The minimum Gasteiger partial charge on any atom is -0.490 e. The Labute approximate surface area is 189 Å². The van der Waals surface area contributed by atoms with Gasteiger partial charge in [-0.05, 0) is 51.4 Å². The molecule has 0 saturated heterocycles. The van der Waals surface area contributed by atoms with Gasteiger partial charge in [0.1, 0.15) is 30.4 Å². The highest BCUT2D eigenvalue weighted by Crippen LogP contribution is 2.35. The van der Waals surface area contributed by atoms with E-state index < -0.39 is 0 Å². The molecule has 1 aliphatic rings. The maximum atomic E-state index is 12.5. The van der Waals surface area contributed by atoms with Crippen molar-refractivity contribution >= 4 is 16.9 Å². The largest absolute Gasteiger partial charge is 0.490 e. The van der Waals surface area contributed by atoms with Crippen molar-refractivity contribution in [3.8, 4) is 11.5 Å². The Morgan fingerprint density at radius 2 is 1.84 bits per heavy atom. The van der Waals surface area contributed by atoms with E-state index >= 15 is 0 Å². The smallest absolute Gasteiger partial charge is 0.354 e. The van der Waals surface area contributed by atoms with E-state index in [9.17, 15) is 4.79 Å². The van der Waals surface area contributed by atoms with Crippen LogP contribution in [0.2, 0.25) is 0 Å². The molecular weight excluding hydrogens is 404 g/mol. The number of hydrogen-bond acceptors (Lipinski definition) is 5. The quantitative estimate of drug-likeness (QED) is 0.469. The normalized spacial score (nSPS) is 14.6. The van der Waals surface area contributed by atoms with Gasteiger partial charge < -0.3 is 24.1 Å². The van der Waals surface area contributed by atoms with E-state index in [-0.39, 0.29) is 12.1 Å². The van der Waals surface area contributed by atoms with E-state index in [2.05, 4.69) is 4.98 Å². The molecule has 4 rings (SSSR count). The Morgan fingerprint density at radius 1 is 1.06 bits per heavy atom. The van der Waals surface area contributed by atoms with Crippen molar-refractivity contribution in [1.82, 2.24) is 9.88 Å². The van der Waals surface area contributed by atoms with Crippen molar-refractivity contribution in [3.63, 3.8) is 0 Å². The molecule has 3 aromatic rings. The van der Waals surface area contributed by atoms with Crippen LogP contribution in [0.3, 0.4) is 0 Å². The summed E-state index contributed by atoms with van der Waals surface area (Å²) in [4.78, 5) is 17.7. The molecule has 2 aromatic carbocycles. The summed E-state index contributed by atoms with van der Waals surface area (Å²) < 4.78 is 17.9. The van der Waals surface area contributed by atoms with Gasteiger partial charge in [-0.1, -0.05) is 36.8 Å². The second-order valence-electron chi connectivity index (χ2n) is 8.66. The van der Waals surface area contributed by atoms with Gasteiger partial charge in [-0.3, -0.25) is 0 Å². The molecule has 1 N–H and O–H groups in total. The SMILES string of the molecule is CN(C)CCOC(=O)c1cc2c(OC3CCCCC3)cc(OCc3ccccc3)cc2[nH]1. The number of esters is 1. The van der Waals surface area contributed by atoms with Gasteiger partial charge in [-0.15, -0.1) is 0 Å². The molecule has 0 amide bonds. The van der Waals surface area contributed by atoms with Gasteiger partial charge >= 0.3 is 5.97 Å². The van der Waals surface area contributed by atoms with Crippen LogP contribution in [0, 0.1) is 0 Å². The molecule has 0 bridgehead atoms. The molecule has 1 aromatic heterocycles. The minimum absolute atomic E-state index is 0.196. The molecule has 0 spiro atoms. The lowest BCUT2D eigenvalue weighted by atomic mass is 9.98. The molecule has 0 aliphatic heterocycles. The Balaban J connectivity index is 1.57. The second-order valence-corrected chi connectivity index (χ2v) is 8.66. The van der Waals surface area contributed by atoms with Crippen LogP contribution in [0.25, 0.3) is 10.9 Å². The summed E-state index contributed by atoms with van der Waals surface area (Å²) in [6, 6.07) is 15.7. The van der Waals surface area contributed by atoms with Gasteiger partial charge in [0.25, 0.3) is 0 Å². The Bertz CT molecular complexity index is 1020. The summed E-state index contributed by atoms with van der Waals surface area (Å²) in [5.41, 5.74) is 2.33. The fourth-order valence-corrected chi connectivity index (χ4v) is 3.97. The van der Waals surface area contributed by atoms with E-state index in [4.69, 9.17) is 14.2 Å². The van der Waals surface area contributed by atoms with Crippen LogP contribution >= 0.6 is 0 Å². The number of benzene rings is 2. The van der Waals surface area contributed by atoms with Crippen LogP contribution in [-0.2, 0) is 11.3 Å². The van der Waals surface area contributed by atoms with E-state index in [1.807, 2.05) is 67.5 Å². The first-order chi connectivity index (χ1) is 15.6. The zero-order chi connectivity index (χ0) is 22.3. The highest BCUT2D eigenvalue weighted by Gasteiger charge is 2.20. The number of nitrogens with zero attached hydrogens (tertiary/aromatic N) is 1. The molecule has 1 heterocycles. The molecule has 1 saturated carbocycles. The third-order valence-corrected chi connectivity index (χ3v) is 5.76. The van der Waals surface area contributed by atoms with Crippen LogP contribution in [0.4, 0.5) is 0 Å². The number of likely N-dealkylation sites (N-methyl/N-ethyl adjacent to an activating group) is 1. The predicted octanol–water partition coefficient (Wildman–Crippen LogP) is 5.18. The first-order valence-corrected chi connectivity index (χ1v) is 11.4. The van der Waals surface area contributed by atoms with Gasteiger partial charge in [0.2, 0.25) is 0 Å². The van der Waals surface area contributed by atoms with Crippen LogP contribution < -0.4 is 9.47 Å². The molecule has 1 fully saturated rings. The maximum Gasteiger partial charge on any atom is 0.354 e. The van der Waals surface area contributed by atoms with Gasteiger partial charge in [-0.2, -0.15) is 0 Å². The standard InChI is InChI=1S/C26H32N2O4/c1-28(2)13-14-30-26(29)24-17-22-23(27-24)15-21(31-18-19-9-5-3-6-10-19)16-25(22)32-20-11-7-4-8-12-20/h3,5-6,9-10,15-17,20,27H,4,7-8,11-14,18H2,1-2H3. The number of aromatic amines is 1. The summed E-state index contributed by atoms with van der Waals surface area (Å²) in [5, 5.41) is 0.877. The number of ether oxygens (including phenoxy) is 3. The number of rotatable bonds is 9. The van der Waals surface area contributed by atoms with E-state index in [1.54, 1.807) is 0 Å². The molecule has 0 atom stereocenters. The van der Waals surface area contributed by atoms with Gasteiger partial charge in [0, 0.05) is 24.1 Å². The number of H-pyrrole nitrogens is 1. The zero-order valence-corrected chi connectivity index (χ0v) is 18.9. The zero-order valence-electron chi connectivity index (χ0n) is 18.9. The van der Waals surface area contributed by atoms with E-state index in [0.717, 1.165) is 35.1 Å². The second kappa shape index (κ2) is 10.6. The number of aromatic nitrogens is 1. The Kier molecular flexibility index (Phi) is 7.32. The number of hydrogen-bond donors (Lipinski definition) is 1. The maximum absolute atomic E-state index is 12.5. The summed E-state index contributed by atoms with van der Waals surface area (Å²) in [5.74, 6) is 1.10. The summed E-state index contributed by atoms with van der Waals surface area (Å²) in [6.07, 6.45) is 5.95. The lowest BCUT2D eigenvalue weighted by Gasteiger charge is -2.23. The summed E-state index contributed by atoms with van der Waals surface area (Å²) >= 11 is 0. The van der Waals surface area contributed by atoms with E-state index in [1.165, 1.54) is 19.3 Å². The Morgan fingerprint density at radius 3 is 2.59 bits per heavy atom. The van der Waals surface area contributed by atoms with Crippen molar-refractivity contribution < 1.29 is 19.0 Å². The molecule has 170 valence electrons. The number of carbonyl (C=O) groups is 1. The van der Waals surface area contributed by atoms with Gasteiger partial charge in [-0.25, -0.2) is 4.79 Å². The first-order valence-electron chi connectivity index (χ1n) is 11.4. The molecule has 32 heavy (non-hydrogen) atoms. The third kappa shape index (κ3) is 5.82. The lowest BCUT2D eigenvalue weighted by Crippen LogP contribution is -2.20. The molecular formula is C26H32N2O4. The van der Waals surface area contributed by atoms with Crippen LogP contribution in [0.5, 0.6) is 11.5 Å². The average molecular weight is 437 g/mol. The minimum atomic E-state index is -0.363. The van der Waals surface area contributed by atoms with Crippen LogP contribution in [0.1, 0.15) is 48.2 Å². The van der Waals surface area contributed by atoms with Crippen LogP contribution in [-0.4, -0.2) is 49.2 Å². The third-order valence-electron chi connectivity index (χ3n) is 5.76. The Hall–Kier alpha value is -2.99. The number of nitrogens with one attached hydrogen (secondary N) is 1. The highest BCUT2D eigenvalue weighted by molar-refractivity contribution is 5.97. The van der Waals surface area contributed by atoms with Gasteiger partial charge in [0.15, 0.2) is 0 Å². The summed E-state index contributed by atoms with van der Waals surface area (Å²) in [6.45, 7) is 1.49. The monoisotopic (exact) mass is 436 g/mol. The van der Waals surface area contributed by atoms with Gasteiger partial charge in [0.05, 0.1) is 11.6 Å². The number of fused-ring (bicyclic) bond motifs is 1. The summed E-state index contributed by atoms with van der Waals surface area (Å²) in [7, 11) is 3.89. The van der Waals surface area contributed by atoms with Crippen molar-refractivity contribution in [1.29, 1.82) is 0 Å². The fraction of sp³-hybridized carbons (Fsp3) is 0.423. The van der Waals surface area contributed by atoms with Crippen molar-refractivity contribution in [2.45, 2.75) is 44.8 Å². The highest BCUT2D eigenvalue weighted by atomic mass is 16.5. The first kappa shape index (κ1) is 22.2. The molecule has 0 unspecified atom stereocenters. The average Bonchev–Trinajstić information content (AvgIpc) is 3.24. The topological polar surface area (TPSA) is 63.8 Å². The predicted molar refractivity (Wildman–Crippen MR) is 125 cm³/mol. The molecule has 1 aliphatic carbocycles. The number of carbonyl (C=O) groups excluding carboxylic acids is 1. The fourth-order valence-electron chi connectivity index (χ4n) is 3.97. The molecule has 0 radical (unpaired) electrons. The lowest BCUT2D eigenvalue weighted by molar-refractivity contribution is 0.0476. The van der Waals surface area contributed by atoms with Crippen LogP contribution in [0.15, 0.2) is 48.5 Å². The molecule has 6 nitrogen and oxygen atoms in total. The molecule has 6 heteroatoms. The van der Waals surface area contributed by atoms with Crippen molar-refractivity contribution in [3.05, 3.63) is 59.8 Å².